The van der Waals surface area contributed by atoms with Crippen LogP contribution in [-0.4, -0.2) is 25.8 Å². The van der Waals surface area contributed by atoms with E-state index in [0.717, 1.165) is 38.9 Å². The van der Waals surface area contributed by atoms with Crippen LogP contribution in [0.25, 0.3) is 0 Å². The van der Waals surface area contributed by atoms with Crippen molar-refractivity contribution in [1.29, 1.82) is 0 Å². The molecule has 0 rings (SSSR count). The van der Waals surface area contributed by atoms with Gasteiger partial charge >= 0.3 is 5.97 Å². The zero-order valence-corrected chi connectivity index (χ0v) is 12.0. The summed E-state index contributed by atoms with van der Waals surface area (Å²) in [7, 11) is 0. The molecule has 0 bridgehead atoms. The molecular formula is C15H28O3. The maximum atomic E-state index is 11.1. The third kappa shape index (κ3) is 11.6. The summed E-state index contributed by atoms with van der Waals surface area (Å²) in [4.78, 5) is 11.1. The lowest BCUT2D eigenvalue weighted by Crippen LogP contribution is -2.06. The number of ether oxygens (including phenoxy) is 2. The van der Waals surface area contributed by atoms with Gasteiger partial charge in [0.2, 0.25) is 0 Å². The molecule has 0 aliphatic carbocycles. The van der Waals surface area contributed by atoms with Crippen LogP contribution in [0, 0.1) is 0 Å². The Balaban J connectivity index is 3.07. The molecule has 0 aromatic heterocycles. The maximum absolute atomic E-state index is 11.1. The van der Waals surface area contributed by atoms with Crippen LogP contribution in [0.3, 0.4) is 0 Å². The predicted molar refractivity (Wildman–Crippen MR) is 74.6 cm³/mol. The van der Waals surface area contributed by atoms with E-state index < -0.39 is 0 Å². The molecule has 0 N–H and O–H groups in total. The summed E-state index contributed by atoms with van der Waals surface area (Å²) in [5.41, 5.74) is 0.474. The molecule has 3 nitrogen and oxygen atoms in total. The SMILES string of the molecule is C=C(C)C(=O)OCCCCCCCCOCCC. The molecule has 0 atom stereocenters. The number of rotatable bonds is 12. The number of carbonyl (C=O) groups excluding carboxylic acids is 1. The molecule has 0 aromatic rings. The molecule has 0 aliphatic rings. The van der Waals surface area contributed by atoms with Crippen molar-refractivity contribution in [3.63, 3.8) is 0 Å². The van der Waals surface area contributed by atoms with Crippen molar-refractivity contribution < 1.29 is 14.3 Å². The third-order valence-electron chi connectivity index (χ3n) is 2.61. The van der Waals surface area contributed by atoms with Gasteiger partial charge in [0.1, 0.15) is 0 Å². The first kappa shape index (κ1) is 17.2. The van der Waals surface area contributed by atoms with Crippen LogP contribution in [-0.2, 0) is 14.3 Å². The molecule has 0 aromatic carbocycles. The first-order valence-electron chi connectivity index (χ1n) is 7.08. The van der Waals surface area contributed by atoms with Crippen LogP contribution in [0.5, 0.6) is 0 Å². The zero-order chi connectivity index (χ0) is 13.6. The molecule has 106 valence electrons. The maximum Gasteiger partial charge on any atom is 0.333 e. The highest BCUT2D eigenvalue weighted by Crippen LogP contribution is 2.06. The van der Waals surface area contributed by atoms with Crippen LogP contribution in [0.15, 0.2) is 12.2 Å². The molecule has 0 radical (unpaired) electrons. The Kier molecular flexibility index (Phi) is 12.0. The van der Waals surface area contributed by atoms with Crippen LogP contribution in [0.2, 0.25) is 0 Å². The summed E-state index contributed by atoms with van der Waals surface area (Å²) in [6.07, 6.45) is 8.01. The molecule has 0 fully saturated rings. The van der Waals surface area contributed by atoms with E-state index in [0.29, 0.717) is 12.2 Å². The van der Waals surface area contributed by atoms with Gasteiger partial charge in [-0.15, -0.1) is 0 Å². The molecule has 0 spiro atoms. The van der Waals surface area contributed by atoms with E-state index in [1.54, 1.807) is 6.92 Å². The van der Waals surface area contributed by atoms with Gasteiger partial charge in [0.25, 0.3) is 0 Å². The molecular weight excluding hydrogens is 228 g/mol. The second kappa shape index (κ2) is 12.6. The van der Waals surface area contributed by atoms with Gasteiger partial charge in [0.05, 0.1) is 6.61 Å². The number of hydrogen-bond acceptors (Lipinski definition) is 3. The van der Waals surface area contributed by atoms with Crippen molar-refractivity contribution in [2.24, 2.45) is 0 Å². The molecule has 0 saturated carbocycles. The number of esters is 1. The lowest BCUT2D eigenvalue weighted by atomic mass is 10.1. The Hall–Kier alpha value is -0.830. The highest BCUT2D eigenvalue weighted by atomic mass is 16.5. The standard InChI is InChI=1S/C15H28O3/c1-4-11-17-12-9-7-5-6-8-10-13-18-15(16)14(2)3/h2,4-13H2,1,3H3. The van der Waals surface area contributed by atoms with E-state index >= 15 is 0 Å². The van der Waals surface area contributed by atoms with Gasteiger partial charge in [-0.3, -0.25) is 0 Å². The first-order chi connectivity index (χ1) is 8.68. The smallest absolute Gasteiger partial charge is 0.333 e. The molecule has 0 unspecified atom stereocenters. The van der Waals surface area contributed by atoms with Crippen LogP contribution < -0.4 is 0 Å². The van der Waals surface area contributed by atoms with E-state index in [9.17, 15) is 4.79 Å². The van der Waals surface area contributed by atoms with Crippen molar-refractivity contribution in [3.8, 4) is 0 Å². The minimum atomic E-state index is -0.275. The molecule has 18 heavy (non-hydrogen) atoms. The van der Waals surface area contributed by atoms with Gasteiger partial charge in [0, 0.05) is 18.8 Å². The Labute approximate surface area is 112 Å². The normalized spacial score (nSPS) is 10.3. The van der Waals surface area contributed by atoms with E-state index in [1.165, 1.54) is 19.3 Å². The third-order valence-corrected chi connectivity index (χ3v) is 2.61. The lowest BCUT2D eigenvalue weighted by Gasteiger charge is -2.04. The second-order valence-corrected chi connectivity index (χ2v) is 4.65. The molecule has 0 aliphatic heterocycles. The van der Waals surface area contributed by atoms with Gasteiger partial charge in [-0.1, -0.05) is 39.2 Å². The van der Waals surface area contributed by atoms with Crippen LogP contribution in [0.4, 0.5) is 0 Å². The zero-order valence-electron chi connectivity index (χ0n) is 12.0. The summed E-state index contributed by atoms with van der Waals surface area (Å²) in [5.74, 6) is -0.275. The van der Waals surface area contributed by atoms with E-state index in [2.05, 4.69) is 13.5 Å². The van der Waals surface area contributed by atoms with Gasteiger partial charge in [-0.05, 0) is 26.2 Å². The number of carbonyl (C=O) groups is 1. The molecule has 0 heterocycles. The summed E-state index contributed by atoms with van der Waals surface area (Å²) < 4.78 is 10.4. The van der Waals surface area contributed by atoms with E-state index in [4.69, 9.17) is 9.47 Å². The topological polar surface area (TPSA) is 35.5 Å². The average Bonchev–Trinajstić information content (AvgIpc) is 2.35. The van der Waals surface area contributed by atoms with Crippen molar-refractivity contribution in [2.75, 3.05) is 19.8 Å². The van der Waals surface area contributed by atoms with Gasteiger partial charge in [-0.25, -0.2) is 4.79 Å². The van der Waals surface area contributed by atoms with Crippen molar-refractivity contribution in [3.05, 3.63) is 12.2 Å². The number of unbranched alkanes of at least 4 members (excludes halogenated alkanes) is 5. The summed E-state index contributed by atoms with van der Waals surface area (Å²) in [6, 6.07) is 0. The minimum Gasteiger partial charge on any atom is -0.462 e. The summed E-state index contributed by atoms with van der Waals surface area (Å²) >= 11 is 0. The average molecular weight is 256 g/mol. The highest BCUT2D eigenvalue weighted by molar-refractivity contribution is 5.86. The van der Waals surface area contributed by atoms with Gasteiger partial charge in [0.15, 0.2) is 0 Å². The fourth-order valence-electron chi connectivity index (χ4n) is 1.55. The Morgan fingerprint density at radius 1 is 0.944 bits per heavy atom. The quantitative estimate of drug-likeness (QED) is 0.302. The monoisotopic (exact) mass is 256 g/mol. The Bertz CT molecular complexity index is 224. The van der Waals surface area contributed by atoms with E-state index in [-0.39, 0.29) is 5.97 Å². The van der Waals surface area contributed by atoms with Crippen molar-refractivity contribution in [1.82, 2.24) is 0 Å². The van der Waals surface area contributed by atoms with Crippen LogP contribution in [0.1, 0.15) is 58.8 Å². The van der Waals surface area contributed by atoms with Crippen molar-refractivity contribution >= 4 is 5.97 Å². The lowest BCUT2D eigenvalue weighted by molar-refractivity contribution is -0.139. The predicted octanol–water partition coefficient (Wildman–Crippen LogP) is 3.87. The summed E-state index contributed by atoms with van der Waals surface area (Å²) in [6.45, 7) is 9.63. The van der Waals surface area contributed by atoms with Crippen molar-refractivity contribution in [2.45, 2.75) is 58.8 Å². The fourth-order valence-corrected chi connectivity index (χ4v) is 1.55. The first-order valence-corrected chi connectivity index (χ1v) is 7.08. The fraction of sp³-hybridized carbons (Fsp3) is 0.800. The largest absolute Gasteiger partial charge is 0.462 e. The van der Waals surface area contributed by atoms with Gasteiger partial charge in [-0.2, -0.15) is 0 Å². The number of hydrogen-bond donors (Lipinski definition) is 0. The highest BCUT2D eigenvalue weighted by Gasteiger charge is 2.01. The summed E-state index contributed by atoms with van der Waals surface area (Å²) in [5, 5.41) is 0. The Morgan fingerprint density at radius 3 is 2.06 bits per heavy atom. The Morgan fingerprint density at radius 2 is 1.50 bits per heavy atom. The molecule has 3 heteroatoms. The second-order valence-electron chi connectivity index (χ2n) is 4.65. The molecule has 0 amide bonds. The van der Waals surface area contributed by atoms with Gasteiger partial charge < -0.3 is 9.47 Å². The molecule has 0 saturated heterocycles. The minimum absolute atomic E-state index is 0.275. The van der Waals surface area contributed by atoms with Crippen LogP contribution >= 0.6 is 0 Å². The van der Waals surface area contributed by atoms with E-state index in [1.807, 2.05) is 0 Å².